The van der Waals surface area contributed by atoms with Crippen LogP contribution in [0.1, 0.15) is 12.8 Å². The van der Waals surface area contributed by atoms with Crippen LogP contribution in [0.4, 0.5) is 0 Å². The fourth-order valence-electron chi connectivity index (χ4n) is 2.13. The second kappa shape index (κ2) is 4.37. The van der Waals surface area contributed by atoms with Gasteiger partial charge in [0.15, 0.2) is 0 Å². The van der Waals surface area contributed by atoms with Crippen LogP contribution in [-0.4, -0.2) is 49.9 Å². The molecular formula is C9H18O4. The van der Waals surface area contributed by atoms with E-state index in [0.717, 1.165) is 0 Å². The van der Waals surface area contributed by atoms with Gasteiger partial charge in [0.25, 0.3) is 0 Å². The van der Waals surface area contributed by atoms with Crippen molar-refractivity contribution in [2.24, 2.45) is 5.41 Å². The average Bonchev–Trinajstić information content (AvgIpc) is 2.29. The van der Waals surface area contributed by atoms with E-state index in [9.17, 15) is 10.2 Å². The lowest BCUT2D eigenvalue weighted by molar-refractivity contribution is 0.00502. The fraction of sp³-hybridized carbons (Fsp3) is 1.00. The summed E-state index contributed by atoms with van der Waals surface area (Å²) in [6, 6.07) is 0. The molecule has 78 valence electrons. The monoisotopic (exact) mass is 190 g/mol. The first kappa shape index (κ1) is 10.9. The zero-order valence-electron chi connectivity index (χ0n) is 8.19. The Morgan fingerprint density at radius 3 is 1.77 bits per heavy atom. The lowest BCUT2D eigenvalue weighted by Crippen LogP contribution is -2.29. The molecule has 0 aromatic rings. The summed E-state index contributed by atoms with van der Waals surface area (Å²) in [7, 11) is 3.24. The molecular weight excluding hydrogens is 172 g/mol. The highest BCUT2D eigenvalue weighted by molar-refractivity contribution is 4.94. The van der Waals surface area contributed by atoms with Crippen molar-refractivity contribution < 1.29 is 19.7 Å². The van der Waals surface area contributed by atoms with E-state index in [-0.39, 0.29) is 5.41 Å². The zero-order valence-corrected chi connectivity index (χ0v) is 8.19. The molecule has 0 bridgehead atoms. The minimum Gasteiger partial charge on any atom is -0.390 e. The van der Waals surface area contributed by atoms with Crippen molar-refractivity contribution in [3.05, 3.63) is 0 Å². The van der Waals surface area contributed by atoms with Gasteiger partial charge in [-0.15, -0.1) is 0 Å². The van der Waals surface area contributed by atoms with Gasteiger partial charge in [-0.3, -0.25) is 0 Å². The smallest absolute Gasteiger partial charge is 0.0806 e. The second-order valence-corrected chi connectivity index (χ2v) is 3.91. The molecule has 0 radical (unpaired) electrons. The van der Waals surface area contributed by atoms with Gasteiger partial charge in [0, 0.05) is 19.6 Å². The van der Waals surface area contributed by atoms with E-state index in [1.54, 1.807) is 14.2 Å². The average molecular weight is 190 g/mol. The highest BCUT2D eigenvalue weighted by atomic mass is 16.5. The molecule has 4 nitrogen and oxygen atoms in total. The Morgan fingerprint density at radius 2 is 1.46 bits per heavy atom. The summed E-state index contributed by atoms with van der Waals surface area (Å²) in [6.45, 7) is 1.05. The van der Waals surface area contributed by atoms with E-state index < -0.39 is 12.2 Å². The van der Waals surface area contributed by atoms with Crippen molar-refractivity contribution in [2.45, 2.75) is 25.0 Å². The van der Waals surface area contributed by atoms with Crippen LogP contribution in [-0.2, 0) is 9.47 Å². The largest absolute Gasteiger partial charge is 0.390 e. The molecule has 1 fully saturated rings. The Labute approximate surface area is 78.5 Å². The number of aliphatic hydroxyl groups excluding tert-OH is 2. The lowest BCUT2D eigenvalue weighted by atomic mass is 9.88. The van der Waals surface area contributed by atoms with Gasteiger partial charge in [0.05, 0.1) is 25.4 Å². The Hall–Kier alpha value is -0.160. The van der Waals surface area contributed by atoms with E-state index in [1.165, 1.54) is 0 Å². The molecule has 1 aliphatic carbocycles. The quantitative estimate of drug-likeness (QED) is 0.643. The van der Waals surface area contributed by atoms with Crippen molar-refractivity contribution >= 4 is 0 Å². The Bertz CT molecular complexity index is 142. The van der Waals surface area contributed by atoms with Gasteiger partial charge in [0.1, 0.15) is 0 Å². The standard InChI is InChI=1S/C9H18O4/c1-12-5-9(6-13-2)3-7(10)8(11)4-9/h7-8,10-11H,3-6H2,1-2H3/t7-,8-/m1/s1. The molecule has 1 rings (SSSR count). The Morgan fingerprint density at radius 1 is 1.08 bits per heavy atom. The van der Waals surface area contributed by atoms with Crippen LogP contribution in [0.15, 0.2) is 0 Å². The van der Waals surface area contributed by atoms with E-state index >= 15 is 0 Å². The minimum atomic E-state index is -0.634. The van der Waals surface area contributed by atoms with E-state index in [1.807, 2.05) is 0 Å². The molecule has 0 aliphatic heterocycles. The third-order valence-corrected chi connectivity index (χ3v) is 2.63. The van der Waals surface area contributed by atoms with Crippen LogP contribution in [0.3, 0.4) is 0 Å². The summed E-state index contributed by atoms with van der Waals surface area (Å²) in [5.41, 5.74) is -0.206. The highest BCUT2D eigenvalue weighted by Gasteiger charge is 2.44. The fourth-order valence-corrected chi connectivity index (χ4v) is 2.13. The van der Waals surface area contributed by atoms with E-state index in [0.29, 0.717) is 26.1 Å². The zero-order chi connectivity index (χ0) is 9.90. The van der Waals surface area contributed by atoms with E-state index in [2.05, 4.69) is 0 Å². The summed E-state index contributed by atoms with van der Waals surface area (Å²) < 4.78 is 10.2. The molecule has 4 heteroatoms. The third-order valence-electron chi connectivity index (χ3n) is 2.63. The van der Waals surface area contributed by atoms with Gasteiger partial charge in [0.2, 0.25) is 0 Å². The van der Waals surface area contributed by atoms with Crippen molar-refractivity contribution in [3.63, 3.8) is 0 Å². The van der Waals surface area contributed by atoms with Gasteiger partial charge in [-0.05, 0) is 12.8 Å². The number of methoxy groups -OCH3 is 2. The predicted octanol–water partition coefficient (Wildman–Crippen LogP) is -0.219. The number of aliphatic hydroxyl groups is 2. The molecule has 2 N–H and O–H groups in total. The van der Waals surface area contributed by atoms with Crippen LogP contribution in [0.2, 0.25) is 0 Å². The number of rotatable bonds is 4. The van der Waals surface area contributed by atoms with Gasteiger partial charge >= 0.3 is 0 Å². The van der Waals surface area contributed by atoms with E-state index in [4.69, 9.17) is 9.47 Å². The van der Waals surface area contributed by atoms with Gasteiger partial charge < -0.3 is 19.7 Å². The summed E-state index contributed by atoms with van der Waals surface area (Å²) in [5.74, 6) is 0. The van der Waals surface area contributed by atoms with Crippen LogP contribution in [0.25, 0.3) is 0 Å². The number of hydrogen-bond donors (Lipinski definition) is 2. The summed E-state index contributed by atoms with van der Waals surface area (Å²) in [4.78, 5) is 0. The summed E-state index contributed by atoms with van der Waals surface area (Å²) in [6.07, 6.45) is -0.165. The Kier molecular flexibility index (Phi) is 3.67. The lowest BCUT2D eigenvalue weighted by Gasteiger charge is -2.26. The van der Waals surface area contributed by atoms with Crippen LogP contribution >= 0.6 is 0 Å². The van der Waals surface area contributed by atoms with Crippen molar-refractivity contribution in [1.29, 1.82) is 0 Å². The molecule has 0 saturated heterocycles. The topological polar surface area (TPSA) is 58.9 Å². The molecule has 0 aromatic heterocycles. The van der Waals surface area contributed by atoms with Crippen LogP contribution in [0, 0.1) is 5.41 Å². The van der Waals surface area contributed by atoms with Crippen molar-refractivity contribution in [3.8, 4) is 0 Å². The molecule has 2 atom stereocenters. The molecule has 1 saturated carbocycles. The summed E-state index contributed by atoms with van der Waals surface area (Å²) in [5, 5.41) is 18.9. The maximum atomic E-state index is 9.43. The molecule has 0 heterocycles. The van der Waals surface area contributed by atoms with Crippen LogP contribution in [0.5, 0.6) is 0 Å². The van der Waals surface area contributed by atoms with Crippen LogP contribution < -0.4 is 0 Å². The SMILES string of the molecule is COCC1(COC)C[C@@H](O)[C@H](O)C1. The second-order valence-electron chi connectivity index (χ2n) is 3.91. The molecule has 13 heavy (non-hydrogen) atoms. The van der Waals surface area contributed by atoms with Gasteiger partial charge in [-0.1, -0.05) is 0 Å². The predicted molar refractivity (Wildman–Crippen MR) is 47.4 cm³/mol. The molecule has 0 spiro atoms. The molecule has 0 amide bonds. The molecule has 1 aliphatic rings. The van der Waals surface area contributed by atoms with Crippen molar-refractivity contribution in [2.75, 3.05) is 27.4 Å². The normalized spacial score (nSPS) is 32.3. The first-order valence-corrected chi connectivity index (χ1v) is 4.47. The number of ether oxygens (including phenoxy) is 2. The maximum absolute atomic E-state index is 9.43. The molecule has 0 unspecified atom stereocenters. The van der Waals surface area contributed by atoms with Gasteiger partial charge in [-0.2, -0.15) is 0 Å². The first-order valence-electron chi connectivity index (χ1n) is 4.47. The maximum Gasteiger partial charge on any atom is 0.0806 e. The first-order chi connectivity index (χ1) is 6.13. The van der Waals surface area contributed by atoms with Gasteiger partial charge in [-0.25, -0.2) is 0 Å². The molecule has 0 aromatic carbocycles. The Balaban J connectivity index is 2.58. The minimum absolute atomic E-state index is 0.206. The summed E-state index contributed by atoms with van der Waals surface area (Å²) >= 11 is 0. The van der Waals surface area contributed by atoms with Crippen molar-refractivity contribution in [1.82, 2.24) is 0 Å². The third kappa shape index (κ3) is 2.40. The highest BCUT2D eigenvalue weighted by Crippen LogP contribution is 2.38. The number of hydrogen-bond acceptors (Lipinski definition) is 4.